The zero-order valence-corrected chi connectivity index (χ0v) is 15.2. The number of likely N-dealkylation sites (tertiary alicyclic amines) is 1. The molecule has 0 unspecified atom stereocenters. The summed E-state index contributed by atoms with van der Waals surface area (Å²) in [5, 5.41) is 10.6. The van der Waals surface area contributed by atoms with Crippen LogP contribution in [0.3, 0.4) is 0 Å². The van der Waals surface area contributed by atoms with Crippen molar-refractivity contribution >= 4 is 29.0 Å². The monoisotopic (exact) mass is 351 g/mol. The van der Waals surface area contributed by atoms with Crippen molar-refractivity contribution in [3.63, 3.8) is 0 Å². The molecule has 1 aliphatic rings. The number of thiophene rings is 1. The first kappa shape index (κ1) is 16.5. The highest BCUT2D eigenvalue weighted by Crippen LogP contribution is 2.35. The Kier molecular flexibility index (Phi) is 4.77. The molecular weight excluding hydrogens is 330 g/mol. The SMILES string of the molecule is CC(C)(C)c1nnc(SCC(=O)N2CCC[C@@H]2c2cccs2)o1. The third-order valence-corrected chi connectivity index (χ3v) is 5.59. The molecule has 1 amide bonds. The lowest BCUT2D eigenvalue weighted by Crippen LogP contribution is -2.31. The third-order valence-electron chi connectivity index (χ3n) is 3.81. The summed E-state index contributed by atoms with van der Waals surface area (Å²) in [6.07, 6.45) is 2.11. The third kappa shape index (κ3) is 3.77. The Bertz CT molecular complexity index is 661. The Hall–Kier alpha value is -1.34. The van der Waals surface area contributed by atoms with Crippen molar-refractivity contribution in [2.75, 3.05) is 12.3 Å². The van der Waals surface area contributed by atoms with Gasteiger partial charge in [0.25, 0.3) is 5.22 Å². The van der Waals surface area contributed by atoms with Crippen molar-refractivity contribution < 1.29 is 9.21 Å². The van der Waals surface area contributed by atoms with Gasteiger partial charge in [-0.3, -0.25) is 4.79 Å². The van der Waals surface area contributed by atoms with Gasteiger partial charge in [0, 0.05) is 16.8 Å². The molecule has 1 saturated heterocycles. The summed E-state index contributed by atoms with van der Waals surface area (Å²) >= 11 is 3.04. The van der Waals surface area contributed by atoms with E-state index in [1.54, 1.807) is 11.3 Å². The van der Waals surface area contributed by atoms with E-state index in [1.807, 2.05) is 31.7 Å². The molecule has 0 bridgehead atoms. The lowest BCUT2D eigenvalue weighted by molar-refractivity contribution is -0.129. The molecule has 0 N–H and O–H groups in total. The van der Waals surface area contributed by atoms with Crippen molar-refractivity contribution in [2.45, 2.75) is 50.3 Å². The second-order valence-corrected chi connectivity index (χ2v) is 8.58. The van der Waals surface area contributed by atoms with E-state index < -0.39 is 0 Å². The number of hydrogen-bond acceptors (Lipinski definition) is 6. The summed E-state index contributed by atoms with van der Waals surface area (Å²) in [5.41, 5.74) is -0.172. The van der Waals surface area contributed by atoms with Gasteiger partial charge in [0.2, 0.25) is 11.8 Å². The molecule has 3 heterocycles. The van der Waals surface area contributed by atoms with Crippen LogP contribution < -0.4 is 0 Å². The van der Waals surface area contributed by atoms with Crippen LogP contribution in [0.4, 0.5) is 0 Å². The van der Waals surface area contributed by atoms with Gasteiger partial charge < -0.3 is 9.32 Å². The molecule has 5 nitrogen and oxygen atoms in total. The molecule has 2 aromatic heterocycles. The molecular formula is C16H21N3O2S2. The molecule has 1 fully saturated rings. The van der Waals surface area contributed by atoms with Crippen molar-refractivity contribution in [2.24, 2.45) is 0 Å². The van der Waals surface area contributed by atoms with Crippen LogP contribution in [0.2, 0.25) is 0 Å². The highest BCUT2D eigenvalue weighted by Gasteiger charge is 2.30. The fraction of sp³-hybridized carbons (Fsp3) is 0.562. The van der Waals surface area contributed by atoms with Crippen molar-refractivity contribution in [3.05, 3.63) is 28.3 Å². The smallest absolute Gasteiger partial charge is 0.277 e. The Morgan fingerprint density at radius 2 is 2.30 bits per heavy atom. The van der Waals surface area contributed by atoms with Gasteiger partial charge in [0.05, 0.1) is 11.8 Å². The Morgan fingerprint density at radius 3 is 2.96 bits per heavy atom. The average molecular weight is 351 g/mol. The van der Waals surface area contributed by atoms with E-state index in [-0.39, 0.29) is 17.4 Å². The number of hydrogen-bond donors (Lipinski definition) is 0. The summed E-state index contributed by atoms with van der Waals surface area (Å²) in [5.74, 6) is 1.08. The fourth-order valence-electron chi connectivity index (χ4n) is 2.62. The van der Waals surface area contributed by atoms with E-state index in [4.69, 9.17) is 4.42 Å². The van der Waals surface area contributed by atoms with Gasteiger partial charge in [0.1, 0.15) is 0 Å². The first-order valence-corrected chi connectivity index (χ1v) is 9.61. The van der Waals surface area contributed by atoms with E-state index in [0.29, 0.717) is 16.9 Å². The second kappa shape index (κ2) is 6.65. The predicted octanol–water partition coefficient (Wildman–Crippen LogP) is 3.88. The standard InChI is InChI=1S/C16H21N3O2S2/c1-16(2,3)14-17-18-15(21-14)23-10-13(20)19-8-4-6-11(19)12-7-5-9-22-12/h5,7,9,11H,4,6,8,10H2,1-3H3/t11-/m1/s1. The number of rotatable bonds is 4. The first-order chi connectivity index (χ1) is 10.9. The van der Waals surface area contributed by atoms with Gasteiger partial charge in [-0.05, 0) is 24.3 Å². The lowest BCUT2D eigenvalue weighted by Gasteiger charge is -2.23. The normalized spacial score (nSPS) is 18.6. The number of nitrogens with zero attached hydrogens (tertiary/aromatic N) is 3. The van der Waals surface area contributed by atoms with Crippen LogP contribution in [-0.4, -0.2) is 33.3 Å². The minimum Gasteiger partial charge on any atom is -0.415 e. The second-order valence-electron chi connectivity index (χ2n) is 6.67. The Morgan fingerprint density at radius 1 is 1.48 bits per heavy atom. The molecule has 0 aromatic carbocycles. The van der Waals surface area contributed by atoms with Crippen LogP contribution in [0.15, 0.2) is 27.2 Å². The van der Waals surface area contributed by atoms with E-state index in [9.17, 15) is 4.79 Å². The van der Waals surface area contributed by atoms with Crippen LogP contribution in [0.25, 0.3) is 0 Å². The maximum absolute atomic E-state index is 12.5. The molecule has 2 aromatic rings. The highest BCUT2D eigenvalue weighted by atomic mass is 32.2. The van der Waals surface area contributed by atoms with E-state index in [0.717, 1.165) is 19.4 Å². The van der Waals surface area contributed by atoms with E-state index in [2.05, 4.69) is 21.6 Å². The first-order valence-electron chi connectivity index (χ1n) is 7.75. The molecule has 7 heteroatoms. The van der Waals surface area contributed by atoms with E-state index >= 15 is 0 Å². The minimum absolute atomic E-state index is 0.140. The van der Waals surface area contributed by atoms with Gasteiger partial charge in [-0.25, -0.2) is 0 Å². The Balaban J connectivity index is 1.60. The van der Waals surface area contributed by atoms with Crippen LogP contribution in [-0.2, 0) is 10.2 Å². The van der Waals surface area contributed by atoms with E-state index in [1.165, 1.54) is 16.6 Å². The fourth-order valence-corrected chi connectivity index (χ4v) is 4.14. The zero-order chi connectivity index (χ0) is 16.4. The predicted molar refractivity (Wildman–Crippen MR) is 91.7 cm³/mol. The number of thioether (sulfide) groups is 1. The number of carbonyl (C=O) groups is 1. The number of aromatic nitrogens is 2. The summed E-state index contributed by atoms with van der Waals surface area (Å²) < 4.78 is 5.63. The average Bonchev–Trinajstić information content (AvgIpc) is 3.22. The summed E-state index contributed by atoms with van der Waals surface area (Å²) in [6, 6.07) is 4.39. The van der Waals surface area contributed by atoms with Crippen molar-refractivity contribution in [1.29, 1.82) is 0 Å². The van der Waals surface area contributed by atoms with Gasteiger partial charge in [-0.2, -0.15) is 0 Å². The van der Waals surface area contributed by atoms with Crippen molar-refractivity contribution in [3.8, 4) is 0 Å². The quantitative estimate of drug-likeness (QED) is 0.782. The molecule has 3 rings (SSSR count). The van der Waals surface area contributed by atoms with Crippen LogP contribution in [0.1, 0.15) is 50.4 Å². The molecule has 0 spiro atoms. The van der Waals surface area contributed by atoms with Crippen LogP contribution in [0.5, 0.6) is 0 Å². The highest BCUT2D eigenvalue weighted by molar-refractivity contribution is 7.99. The Labute approximate surface area is 144 Å². The summed E-state index contributed by atoms with van der Waals surface area (Å²) in [4.78, 5) is 15.8. The molecule has 124 valence electrons. The maximum atomic E-state index is 12.5. The topological polar surface area (TPSA) is 59.2 Å². The van der Waals surface area contributed by atoms with Gasteiger partial charge >= 0.3 is 0 Å². The van der Waals surface area contributed by atoms with Crippen LogP contribution in [0, 0.1) is 0 Å². The number of amides is 1. The van der Waals surface area contributed by atoms with Gasteiger partial charge in [0.15, 0.2) is 0 Å². The van der Waals surface area contributed by atoms with Crippen LogP contribution >= 0.6 is 23.1 Å². The molecule has 0 aliphatic carbocycles. The minimum atomic E-state index is -0.172. The zero-order valence-electron chi connectivity index (χ0n) is 13.6. The summed E-state index contributed by atoms with van der Waals surface area (Å²) in [7, 11) is 0. The largest absolute Gasteiger partial charge is 0.415 e. The molecule has 0 saturated carbocycles. The molecule has 0 radical (unpaired) electrons. The molecule has 23 heavy (non-hydrogen) atoms. The lowest BCUT2D eigenvalue weighted by atomic mass is 9.97. The summed E-state index contributed by atoms with van der Waals surface area (Å²) in [6.45, 7) is 6.90. The van der Waals surface area contributed by atoms with Crippen molar-refractivity contribution in [1.82, 2.24) is 15.1 Å². The molecule has 1 atom stereocenters. The maximum Gasteiger partial charge on any atom is 0.277 e. The van der Waals surface area contributed by atoms with Gasteiger partial charge in [-0.15, -0.1) is 21.5 Å². The van der Waals surface area contributed by atoms with Gasteiger partial charge in [-0.1, -0.05) is 38.6 Å². The molecule has 1 aliphatic heterocycles. The number of carbonyl (C=O) groups excluding carboxylic acids is 1.